The van der Waals surface area contributed by atoms with Crippen LogP contribution in [0.1, 0.15) is 41.4 Å². The Hall–Kier alpha value is -3.68. The van der Waals surface area contributed by atoms with Gasteiger partial charge in [0.1, 0.15) is 26.4 Å². The second kappa shape index (κ2) is 8.81. The monoisotopic (exact) mass is 384 g/mol. The number of esters is 4. The number of carbonyl (C=O) groups excluding carboxylic acids is 4. The molecule has 0 radical (unpaired) electrons. The third kappa shape index (κ3) is 4.73. The number of benzene rings is 2. The van der Waals surface area contributed by atoms with Crippen molar-refractivity contribution in [2.24, 2.45) is 0 Å². The maximum atomic E-state index is 11.3. The van der Waals surface area contributed by atoms with Crippen LogP contribution >= 0.6 is 0 Å². The van der Waals surface area contributed by atoms with Crippen LogP contribution in [0.5, 0.6) is 0 Å². The molecule has 0 fully saturated rings. The quantitative estimate of drug-likeness (QED) is 0.502. The summed E-state index contributed by atoms with van der Waals surface area (Å²) in [5.74, 6) is -1.64. The lowest BCUT2D eigenvalue weighted by atomic mass is 10.1. The Morgan fingerprint density at radius 2 is 0.786 bits per heavy atom. The van der Waals surface area contributed by atoms with Gasteiger partial charge in [-0.1, -0.05) is 6.07 Å². The zero-order valence-corrected chi connectivity index (χ0v) is 14.7. The number of hydrogen-bond donors (Lipinski definition) is 0. The third-order valence-electron chi connectivity index (χ3n) is 3.79. The number of cyclic esters (lactones) is 2. The molecule has 4 bridgehead atoms. The summed E-state index contributed by atoms with van der Waals surface area (Å²) in [4.78, 5) is 45.1. The van der Waals surface area contributed by atoms with Crippen LogP contribution in [-0.2, 0) is 18.9 Å². The summed E-state index contributed by atoms with van der Waals surface area (Å²) in [5, 5.41) is 0. The molecular formula is C20H16O8. The van der Waals surface area contributed by atoms with E-state index in [0.29, 0.717) is 22.3 Å². The van der Waals surface area contributed by atoms with Gasteiger partial charge in [-0.2, -0.15) is 0 Å². The average Bonchev–Trinajstić information content (AvgIpc) is 2.77. The topological polar surface area (TPSA) is 105 Å². The van der Waals surface area contributed by atoms with Gasteiger partial charge in [0.25, 0.3) is 0 Å². The molecule has 5 rings (SSSR count). The van der Waals surface area contributed by atoms with Gasteiger partial charge < -0.3 is 18.9 Å². The zero-order chi connectivity index (χ0) is 19.9. The molecule has 0 unspecified atom stereocenters. The highest BCUT2D eigenvalue weighted by molar-refractivity contribution is 5.95. The van der Waals surface area contributed by atoms with Gasteiger partial charge in [-0.25, -0.2) is 19.2 Å². The normalized spacial score (nSPS) is 16.0. The predicted molar refractivity (Wildman–Crippen MR) is 94.0 cm³/mol. The molecule has 2 aromatic rings. The van der Waals surface area contributed by atoms with Crippen molar-refractivity contribution in [3.63, 3.8) is 0 Å². The minimum absolute atomic E-state index is 0.100. The molecule has 3 aliphatic rings. The molecular weight excluding hydrogens is 368 g/mol. The van der Waals surface area contributed by atoms with E-state index in [0.717, 1.165) is 0 Å². The summed E-state index contributed by atoms with van der Waals surface area (Å²) >= 11 is 0. The number of fused-ring (bicyclic) bond motifs is 9. The summed E-state index contributed by atoms with van der Waals surface area (Å²) in [6, 6.07) is 12.5. The Bertz CT molecular complexity index is 830. The van der Waals surface area contributed by atoms with E-state index in [1.165, 1.54) is 6.07 Å². The smallest absolute Gasteiger partial charge is 0.338 e. The molecule has 0 amide bonds. The van der Waals surface area contributed by atoms with E-state index in [4.69, 9.17) is 18.9 Å². The van der Waals surface area contributed by atoms with Crippen molar-refractivity contribution in [1.29, 1.82) is 0 Å². The highest BCUT2D eigenvalue weighted by atomic mass is 16.6. The van der Waals surface area contributed by atoms with E-state index in [2.05, 4.69) is 0 Å². The summed E-state index contributed by atoms with van der Waals surface area (Å²) in [7, 11) is 0. The number of rotatable bonds is 0. The van der Waals surface area contributed by atoms with Crippen LogP contribution in [0, 0.1) is 0 Å². The molecule has 2 aromatic carbocycles. The van der Waals surface area contributed by atoms with Crippen molar-refractivity contribution in [2.75, 3.05) is 26.4 Å². The van der Waals surface area contributed by atoms with Crippen LogP contribution in [0.25, 0.3) is 0 Å². The van der Waals surface area contributed by atoms with E-state index in [-0.39, 0.29) is 26.4 Å². The van der Waals surface area contributed by atoms with Crippen molar-refractivity contribution in [1.82, 2.24) is 0 Å². The molecule has 144 valence electrons. The van der Waals surface area contributed by atoms with Gasteiger partial charge in [-0.3, -0.25) is 0 Å². The van der Waals surface area contributed by atoms with Gasteiger partial charge in [-0.15, -0.1) is 0 Å². The van der Waals surface area contributed by atoms with Crippen LogP contribution in [-0.4, -0.2) is 50.3 Å². The van der Waals surface area contributed by atoms with Gasteiger partial charge >= 0.3 is 23.9 Å². The van der Waals surface area contributed by atoms with Crippen molar-refractivity contribution in [2.45, 2.75) is 0 Å². The Labute approximate surface area is 160 Å². The van der Waals surface area contributed by atoms with Crippen molar-refractivity contribution in [3.05, 3.63) is 70.8 Å². The summed E-state index contributed by atoms with van der Waals surface area (Å²) < 4.78 is 19.3. The molecule has 0 spiro atoms. The number of hydrogen-bond acceptors (Lipinski definition) is 8. The Balaban J connectivity index is 0.000000161. The molecule has 8 nitrogen and oxygen atoms in total. The first kappa shape index (κ1) is 19.1. The van der Waals surface area contributed by atoms with Gasteiger partial charge in [0.05, 0.1) is 22.3 Å². The van der Waals surface area contributed by atoms with Crippen molar-refractivity contribution >= 4 is 23.9 Å². The maximum absolute atomic E-state index is 11.3. The van der Waals surface area contributed by atoms with Crippen molar-refractivity contribution in [3.8, 4) is 0 Å². The maximum Gasteiger partial charge on any atom is 0.338 e. The molecule has 0 saturated heterocycles. The fourth-order valence-electron chi connectivity index (χ4n) is 2.39. The minimum atomic E-state index is -0.426. The molecule has 3 heterocycles. The highest BCUT2D eigenvalue weighted by Crippen LogP contribution is 2.10. The first-order valence-corrected chi connectivity index (χ1v) is 8.43. The van der Waals surface area contributed by atoms with Crippen molar-refractivity contribution < 1.29 is 38.1 Å². The largest absolute Gasteiger partial charge is 0.458 e. The summed E-state index contributed by atoms with van der Waals surface area (Å²) in [6.45, 7) is 0.401. The molecule has 0 N–H and O–H groups in total. The lowest BCUT2D eigenvalue weighted by molar-refractivity contribution is 0.0260. The first-order chi connectivity index (χ1) is 13.5. The zero-order valence-electron chi connectivity index (χ0n) is 14.7. The second-order valence-corrected chi connectivity index (χ2v) is 5.70. The third-order valence-corrected chi connectivity index (χ3v) is 3.79. The molecule has 0 aromatic heterocycles. The summed E-state index contributed by atoms with van der Waals surface area (Å²) in [5.41, 5.74) is 1.65. The van der Waals surface area contributed by atoms with Gasteiger partial charge in [0.2, 0.25) is 0 Å². The van der Waals surface area contributed by atoms with E-state index in [9.17, 15) is 19.2 Å². The van der Waals surface area contributed by atoms with E-state index >= 15 is 0 Å². The lowest BCUT2D eigenvalue weighted by Crippen LogP contribution is -2.16. The van der Waals surface area contributed by atoms with Crippen LogP contribution in [0.4, 0.5) is 0 Å². The Morgan fingerprint density at radius 3 is 1.14 bits per heavy atom. The van der Waals surface area contributed by atoms with Crippen LogP contribution < -0.4 is 0 Å². The summed E-state index contributed by atoms with van der Waals surface area (Å²) in [6.07, 6.45) is 0. The molecule has 3 aliphatic heterocycles. The molecule has 28 heavy (non-hydrogen) atoms. The Morgan fingerprint density at radius 1 is 0.464 bits per heavy atom. The fourth-order valence-corrected chi connectivity index (χ4v) is 2.39. The standard InChI is InChI=1S/2C10H8O4/c11-9-7-1-2-8(4-3-7)10(12)14-6-5-13-9;11-9-7-2-1-3-8(6-7)10(12)14-5-4-13-9/h1-4H,5-6H2;1-3,6H,4-5H2. The van der Waals surface area contributed by atoms with E-state index in [1.54, 1.807) is 42.5 Å². The first-order valence-electron chi connectivity index (χ1n) is 8.43. The predicted octanol–water partition coefficient (Wildman–Crippen LogP) is 2.03. The second-order valence-electron chi connectivity index (χ2n) is 5.70. The van der Waals surface area contributed by atoms with Gasteiger partial charge in [0, 0.05) is 0 Å². The minimum Gasteiger partial charge on any atom is -0.458 e. The molecule has 0 atom stereocenters. The fraction of sp³-hybridized carbons (Fsp3) is 0.200. The van der Waals surface area contributed by atoms with Crippen LogP contribution in [0.3, 0.4) is 0 Å². The molecule has 8 heteroatoms. The van der Waals surface area contributed by atoms with Crippen LogP contribution in [0.15, 0.2) is 48.5 Å². The Kier molecular flexibility index (Phi) is 6.01. The van der Waals surface area contributed by atoms with Gasteiger partial charge in [0.15, 0.2) is 0 Å². The molecule has 0 saturated carbocycles. The lowest BCUT2D eigenvalue weighted by Gasteiger charge is -2.09. The van der Waals surface area contributed by atoms with E-state index in [1.807, 2.05) is 0 Å². The highest BCUT2D eigenvalue weighted by Gasteiger charge is 2.15. The number of ether oxygens (including phenoxy) is 4. The average molecular weight is 384 g/mol. The van der Waals surface area contributed by atoms with Crippen LogP contribution in [0.2, 0.25) is 0 Å². The van der Waals surface area contributed by atoms with Gasteiger partial charge in [-0.05, 0) is 42.5 Å². The molecule has 0 aliphatic carbocycles. The SMILES string of the molecule is O=C1OCCOC(=O)c2ccc1cc2.O=C1OCCOC(=O)c2cccc1c2. The van der Waals surface area contributed by atoms with E-state index < -0.39 is 23.9 Å². The number of carbonyl (C=O) groups is 4.